The van der Waals surface area contributed by atoms with Gasteiger partial charge in [-0.2, -0.15) is 0 Å². The smallest absolute Gasteiger partial charge is 0.245 e. The van der Waals surface area contributed by atoms with Crippen LogP contribution in [0.5, 0.6) is 0 Å². The number of hydrogen-bond donors (Lipinski definition) is 0. The molecule has 1 aromatic carbocycles. The highest BCUT2D eigenvalue weighted by atomic mass is 16.2. The number of imidazole rings is 1. The van der Waals surface area contributed by atoms with E-state index in [1.807, 2.05) is 53.8 Å². The minimum atomic E-state index is -0.259. The first kappa shape index (κ1) is 16.7. The average Bonchev–Trinajstić information content (AvgIpc) is 3.28. The van der Waals surface area contributed by atoms with Gasteiger partial charge in [0, 0.05) is 25.5 Å². The number of hydrogen-bond acceptors (Lipinski definition) is 3. The molecule has 1 unspecified atom stereocenters. The lowest BCUT2D eigenvalue weighted by Crippen LogP contribution is -2.41. The summed E-state index contributed by atoms with van der Waals surface area (Å²) < 4.78 is 1.99. The number of aryl methyl sites for hydroxylation is 2. The highest BCUT2D eigenvalue weighted by molar-refractivity contribution is 5.84. The van der Waals surface area contributed by atoms with E-state index >= 15 is 0 Å². The summed E-state index contributed by atoms with van der Waals surface area (Å²) >= 11 is 0. The molecule has 3 rings (SSSR count). The molecule has 0 bridgehead atoms. The molecule has 1 amide bonds. The van der Waals surface area contributed by atoms with Crippen molar-refractivity contribution in [3.8, 4) is 0 Å². The maximum absolute atomic E-state index is 13.4. The van der Waals surface area contributed by atoms with Crippen LogP contribution in [-0.2, 0) is 18.4 Å². The van der Waals surface area contributed by atoms with Gasteiger partial charge < -0.3 is 9.47 Å². The molecule has 1 heterocycles. The normalized spacial score (nSPS) is 15.5. The summed E-state index contributed by atoms with van der Waals surface area (Å²) in [6.45, 7) is 2.64. The van der Waals surface area contributed by atoms with E-state index in [1.54, 1.807) is 6.20 Å². The molecule has 1 aliphatic rings. The Morgan fingerprint density at radius 3 is 2.67 bits per heavy atom. The molecule has 1 fully saturated rings. The highest BCUT2D eigenvalue weighted by Crippen LogP contribution is 2.32. The van der Waals surface area contributed by atoms with Gasteiger partial charge in [0.1, 0.15) is 11.9 Å². The van der Waals surface area contributed by atoms with E-state index in [9.17, 15) is 4.79 Å². The van der Waals surface area contributed by atoms with Crippen LogP contribution in [0.2, 0.25) is 0 Å². The molecule has 5 nitrogen and oxygen atoms in total. The maximum Gasteiger partial charge on any atom is 0.245 e. The molecule has 0 saturated heterocycles. The van der Waals surface area contributed by atoms with Crippen molar-refractivity contribution in [2.45, 2.75) is 38.4 Å². The third-order valence-electron chi connectivity index (χ3n) is 4.61. The fraction of sp³-hybridized carbons (Fsp3) is 0.474. The Bertz CT molecular complexity index is 718. The van der Waals surface area contributed by atoms with Crippen molar-refractivity contribution >= 4 is 5.91 Å². The van der Waals surface area contributed by atoms with Gasteiger partial charge in [-0.15, -0.1) is 0 Å². The van der Waals surface area contributed by atoms with E-state index in [2.05, 4.69) is 24.0 Å². The highest BCUT2D eigenvalue weighted by Gasteiger charge is 2.37. The fourth-order valence-corrected chi connectivity index (χ4v) is 3.13. The Morgan fingerprint density at radius 1 is 1.38 bits per heavy atom. The topological polar surface area (TPSA) is 41.4 Å². The first-order chi connectivity index (χ1) is 11.5. The predicted molar refractivity (Wildman–Crippen MR) is 94.4 cm³/mol. The first-order valence-electron chi connectivity index (χ1n) is 8.47. The molecule has 1 aromatic heterocycles. The van der Waals surface area contributed by atoms with Gasteiger partial charge >= 0.3 is 0 Å². The second-order valence-corrected chi connectivity index (χ2v) is 6.93. The lowest BCUT2D eigenvalue weighted by Gasteiger charge is -2.31. The van der Waals surface area contributed by atoms with Crippen LogP contribution >= 0.6 is 0 Å². The minimum Gasteiger partial charge on any atom is -0.337 e. The summed E-state index contributed by atoms with van der Waals surface area (Å²) in [6, 6.07) is 8.32. The average molecular weight is 326 g/mol. The summed E-state index contributed by atoms with van der Waals surface area (Å²) in [6.07, 6.45) is 5.89. The predicted octanol–water partition coefficient (Wildman–Crippen LogP) is 2.52. The van der Waals surface area contributed by atoms with Gasteiger partial charge in [0.25, 0.3) is 0 Å². The Balaban J connectivity index is 1.88. The number of carbonyl (C=O) groups excluding carboxylic acids is 1. The maximum atomic E-state index is 13.4. The van der Waals surface area contributed by atoms with Gasteiger partial charge in [0.05, 0.1) is 6.54 Å². The van der Waals surface area contributed by atoms with Crippen LogP contribution in [0.15, 0.2) is 36.7 Å². The number of aromatic nitrogens is 2. The third-order valence-corrected chi connectivity index (χ3v) is 4.61. The van der Waals surface area contributed by atoms with Crippen molar-refractivity contribution in [2.75, 3.05) is 14.1 Å². The van der Waals surface area contributed by atoms with Crippen LogP contribution < -0.4 is 0 Å². The summed E-state index contributed by atoms with van der Waals surface area (Å²) in [4.78, 5) is 21.8. The van der Waals surface area contributed by atoms with Crippen molar-refractivity contribution in [3.05, 3.63) is 53.6 Å². The monoisotopic (exact) mass is 326 g/mol. The van der Waals surface area contributed by atoms with Crippen molar-refractivity contribution in [2.24, 2.45) is 7.05 Å². The number of rotatable bonds is 6. The molecule has 1 saturated carbocycles. The van der Waals surface area contributed by atoms with Gasteiger partial charge in [-0.05, 0) is 39.4 Å². The van der Waals surface area contributed by atoms with Crippen LogP contribution in [0.25, 0.3) is 0 Å². The van der Waals surface area contributed by atoms with E-state index in [-0.39, 0.29) is 11.9 Å². The van der Waals surface area contributed by atoms with Crippen LogP contribution in [0.1, 0.15) is 35.8 Å². The molecule has 1 aliphatic carbocycles. The molecule has 0 N–H and O–H groups in total. The van der Waals surface area contributed by atoms with Crippen molar-refractivity contribution in [3.63, 3.8) is 0 Å². The Morgan fingerprint density at radius 2 is 2.12 bits per heavy atom. The van der Waals surface area contributed by atoms with Crippen molar-refractivity contribution < 1.29 is 4.79 Å². The number of amides is 1. The minimum absolute atomic E-state index is 0.163. The summed E-state index contributed by atoms with van der Waals surface area (Å²) in [5.41, 5.74) is 2.23. The second kappa shape index (κ2) is 6.77. The second-order valence-electron chi connectivity index (χ2n) is 6.93. The number of benzene rings is 1. The number of carbonyl (C=O) groups is 1. The third kappa shape index (κ3) is 3.51. The van der Waals surface area contributed by atoms with Gasteiger partial charge in [-0.1, -0.05) is 29.8 Å². The Hall–Kier alpha value is -2.14. The molecule has 1 atom stereocenters. The standard InChI is InChI=1S/C19H26N4O/c1-14-6-5-7-15(12-14)18(21(2)3)19(24)23(16-8-9-16)13-17-20-10-11-22(17)4/h5-7,10-12,16,18H,8-9,13H2,1-4H3. The lowest BCUT2D eigenvalue weighted by molar-refractivity contribution is -0.137. The molecule has 2 aromatic rings. The van der Waals surface area contributed by atoms with Crippen molar-refractivity contribution in [1.82, 2.24) is 19.4 Å². The van der Waals surface area contributed by atoms with Gasteiger partial charge in [0.2, 0.25) is 5.91 Å². The SMILES string of the molecule is Cc1cccc(C(C(=O)N(Cc2nccn2C)C2CC2)N(C)C)c1. The summed E-state index contributed by atoms with van der Waals surface area (Å²) in [7, 11) is 5.91. The quantitative estimate of drug-likeness (QED) is 0.819. The Labute approximate surface area is 143 Å². The number of nitrogens with zero attached hydrogens (tertiary/aromatic N) is 4. The molecule has 128 valence electrons. The van der Waals surface area contributed by atoms with Gasteiger partial charge in [-0.25, -0.2) is 4.98 Å². The molecule has 0 spiro atoms. The largest absolute Gasteiger partial charge is 0.337 e. The zero-order valence-electron chi connectivity index (χ0n) is 14.9. The van der Waals surface area contributed by atoms with E-state index in [1.165, 1.54) is 5.56 Å². The number of likely N-dealkylation sites (N-methyl/N-ethyl adjacent to an activating group) is 1. The molecule has 0 radical (unpaired) electrons. The van der Waals surface area contributed by atoms with Crippen molar-refractivity contribution in [1.29, 1.82) is 0 Å². The van der Waals surface area contributed by atoms with E-state index in [4.69, 9.17) is 0 Å². The van der Waals surface area contributed by atoms with E-state index in [0.717, 1.165) is 24.2 Å². The van der Waals surface area contributed by atoms with Gasteiger partial charge in [-0.3, -0.25) is 9.69 Å². The molecule has 0 aliphatic heterocycles. The first-order valence-corrected chi connectivity index (χ1v) is 8.47. The van der Waals surface area contributed by atoms with E-state index < -0.39 is 0 Å². The zero-order valence-corrected chi connectivity index (χ0v) is 14.9. The fourth-order valence-electron chi connectivity index (χ4n) is 3.13. The molecule has 24 heavy (non-hydrogen) atoms. The van der Waals surface area contributed by atoms with Crippen LogP contribution in [0.3, 0.4) is 0 Å². The summed E-state index contributed by atoms with van der Waals surface area (Å²) in [5.74, 6) is 1.09. The molecule has 5 heteroatoms. The van der Waals surface area contributed by atoms with Crippen LogP contribution in [-0.4, -0.2) is 45.4 Å². The lowest BCUT2D eigenvalue weighted by atomic mass is 10.0. The van der Waals surface area contributed by atoms with E-state index in [0.29, 0.717) is 12.6 Å². The van der Waals surface area contributed by atoms with Gasteiger partial charge in [0.15, 0.2) is 0 Å². The molecular formula is C19H26N4O. The van der Waals surface area contributed by atoms with Crippen LogP contribution in [0.4, 0.5) is 0 Å². The van der Waals surface area contributed by atoms with Crippen LogP contribution in [0, 0.1) is 6.92 Å². The molecular weight excluding hydrogens is 300 g/mol. The Kier molecular flexibility index (Phi) is 4.71. The summed E-state index contributed by atoms with van der Waals surface area (Å²) in [5, 5.41) is 0. The zero-order chi connectivity index (χ0) is 17.3.